The molecule has 1 fully saturated rings. The molecule has 28 heavy (non-hydrogen) atoms. The lowest BCUT2D eigenvalue weighted by Crippen LogP contribution is -2.43. The van der Waals surface area contributed by atoms with Crippen LogP contribution in [0.4, 0.5) is 10.1 Å². The summed E-state index contributed by atoms with van der Waals surface area (Å²) < 4.78 is 13.8. The Labute approximate surface area is 167 Å². The van der Waals surface area contributed by atoms with E-state index in [-0.39, 0.29) is 17.6 Å². The van der Waals surface area contributed by atoms with E-state index in [4.69, 9.17) is 0 Å². The number of carbonyl (C=O) groups is 1. The van der Waals surface area contributed by atoms with Crippen molar-refractivity contribution < 1.29 is 9.18 Å². The topological polar surface area (TPSA) is 58.1 Å². The number of benzene rings is 1. The Bertz CT molecular complexity index is 999. The quantitative estimate of drug-likeness (QED) is 0.722. The first-order valence-electron chi connectivity index (χ1n) is 9.51. The number of carbonyl (C=O) groups excluding carboxylic acids is 1. The molecule has 1 N–H and O–H groups in total. The van der Waals surface area contributed by atoms with Crippen molar-refractivity contribution in [1.29, 1.82) is 0 Å². The molecule has 3 aromatic rings. The maximum Gasteiger partial charge on any atom is 0.225 e. The SMILES string of the molecule is Cc1nc(CNC(=O)C2CCCN(c3ccnc4ccc(F)cc34)C2)sc1C. The average molecular weight is 399 g/mol. The summed E-state index contributed by atoms with van der Waals surface area (Å²) in [6, 6.07) is 6.55. The first-order valence-corrected chi connectivity index (χ1v) is 10.3. The van der Waals surface area contributed by atoms with Crippen molar-refractivity contribution in [3.63, 3.8) is 0 Å². The summed E-state index contributed by atoms with van der Waals surface area (Å²) in [4.78, 5) is 24.9. The third-order valence-electron chi connectivity index (χ3n) is 5.30. The normalized spacial score (nSPS) is 17.1. The molecule has 4 rings (SSSR count). The summed E-state index contributed by atoms with van der Waals surface area (Å²) in [5.41, 5.74) is 2.73. The Kier molecular flexibility index (Phi) is 5.26. The van der Waals surface area contributed by atoms with Gasteiger partial charge in [-0.05, 0) is 51.0 Å². The lowest BCUT2D eigenvalue weighted by molar-refractivity contribution is -0.125. The van der Waals surface area contributed by atoms with Crippen LogP contribution in [0.25, 0.3) is 10.9 Å². The predicted molar refractivity (Wildman–Crippen MR) is 110 cm³/mol. The number of nitrogens with zero attached hydrogens (tertiary/aromatic N) is 3. The van der Waals surface area contributed by atoms with Gasteiger partial charge in [-0.3, -0.25) is 9.78 Å². The Balaban J connectivity index is 1.47. The zero-order chi connectivity index (χ0) is 19.7. The van der Waals surface area contributed by atoms with E-state index in [0.29, 0.717) is 13.1 Å². The Hall–Kier alpha value is -2.54. The van der Waals surface area contributed by atoms with Gasteiger partial charge in [0.05, 0.1) is 23.7 Å². The predicted octanol–water partition coefficient (Wildman–Crippen LogP) is 3.98. The van der Waals surface area contributed by atoms with Gasteiger partial charge in [-0.1, -0.05) is 0 Å². The molecule has 0 aliphatic carbocycles. The Morgan fingerprint density at radius 1 is 1.36 bits per heavy atom. The second-order valence-electron chi connectivity index (χ2n) is 7.24. The minimum atomic E-state index is -0.276. The van der Waals surface area contributed by atoms with Gasteiger partial charge < -0.3 is 10.2 Å². The van der Waals surface area contributed by atoms with Crippen LogP contribution in [0.2, 0.25) is 0 Å². The fraction of sp³-hybridized carbons (Fsp3) is 0.381. The fourth-order valence-electron chi connectivity index (χ4n) is 3.71. The molecule has 1 aliphatic heterocycles. The van der Waals surface area contributed by atoms with Crippen LogP contribution >= 0.6 is 11.3 Å². The van der Waals surface area contributed by atoms with Crippen molar-refractivity contribution in [3.05, 3.63) is 51.9 Å². The molecule has 1 atom stereocenters. The highest BCUT2D eigenvalue weighted by atomic mass is 32.1. The highest BCUT2D eigenvalue weighted by molar-refractivity contribution is 7.11. The monoisotopic (exact) mass is 398 g/mol. The lowest BCUT2D eigenvalue weighted by Gasteiger charge is -2.34. The van der Waals surface area contributed by atoms with Gasteiger partial charge in [0, 0.05) is 35.2 Å². The molecule has 0 spiro atoms. The van der Waals surface area contributed by atoms with E-state index < -0.39 is 0 Å². The number of hydrogen-bond acceptors (Lipinski definition) is 5. The molecule has 1 saturated heterocycles. The molecule has 0 saturated carbocycles. The van der Waals surface area contributed by atoms with E-state index in [2.05, 4.69) is 20.2 Å². The third-order valence-corrected chi connectivity index (χ3v) is 6.37. The highest BCUT2D eigenvalue weighted by Gasteiger charge is 2.27. The Morgan fingerprint density at radius 3 is 3.00 bits per heavy atom. The van der Waals surface area contributed by atoms with E-state index in [9.17, 15) is 9.18 Å². The van der Waals surface area contributed by atoms with Crippen molar-refractivity contribution in [2.24, 2.45) is 5.92 Å². The molecule has 5 nitrogen and oxygen atoms in total. The summed E-state index contributed by atoms with van der Waals surface area (Å²) in [6.07, 6.45) is 3.52. The van der Waals surface area contributed by atoms with Crippen molar-refractivity contribution in [2.75, 3.05) is 18.0 Å². The second-order valence-corrected chi connectivity index (χ2v) is 8.53. The number of amides is 1. The molecule has 0 radical (unpaired) electrons. The van der Waals surface area contributed by atoms with E-state index in [1.165, 1.54) is 17.0 Å². The molecule has 7 heteroatoms. The molecular formula is C21H23FN4OS. The second kappa shape index (κ2) is 7.83. The van der Waals surface area contributed by atoms with Gasteiger partial charge in [-0.25, -0.2) is 9.37 Å². The smallest absolute Gasteiger partial charge is 0.225 e. The van der Waals surface area contributed by atoms with Crippen molar-refractivity contribution in [2.45, 2.75) is 33.2 Å². The summed E-state index contributed by atoms with van der Waals surface area (Å²) in [5, 5.41) is 4.76. The number of fused-ring (bicyclic) bond motifs is 1. The van der Waals surface area contributed by atoms with Crippen LogP contribution in [0.3, 0.4) is 0 Å². The number of halogens is 1. The zero-order valence-electron chi connectivity index (χ0n) is 16.0. The maximum atomic E-state index is 13.8. The van der Waals surface area contributed by atoms with Gasteiger partial charge in [0.2, 0.25) is 5.91 Å². The van der Waals surface area contributed by atoms with Crippen LogP contribution in [-0.2, 0) is 11.3 Å². The zero-order valence-corrected chi connectivity index (χ0v) is 16.9. The minimum Gasteiger partial charge on any atom is -0.370 e. The number of thiazole rings is 1. The third kappa shape index (κ3) is 3.85. The van der Waals surface area contributed by atoms with E-state index >= 15 is 0 Å². The van der Waals surface area contributed by atoms with Gasteiger partial charge in [0.15, 0.2) is 0 Å². The molecular weight excluding hydrogens is 375 g/mol. The van der Waals surface area contributed by atoms with Crippen LogP contribution in [0.1, 0.15) is 28.4 Å². The van der Waals surface area contributed by atoms with E-state index in [1.54, 1.807) is 23.6 Å². The van der Waals surface area contributed by atoms with Gasteiger partial charge in [0.1, 0.15) is 10.8 Å². The van der Waals surface area contributed by atoms with Crippen LogP contribution < -0.4 is 10.2 Å². The average Bonchev–Trinajstić information content (AvgIpc) is 3.03. The van der Waals surface area contributed by atoms with E-state index in [0.717, 1.165) is 46.7 Å². The van der Waals surface area contributed by atoms with E-state index in [1.807, 2.05) is 19.9 Å². The minimum absolute atomic E-state index is 0.0553. The Morgan fingerprint density at radius 2 is 2.21 bits per heavy atom. The van der Waals surface area contributed by atoms with Crippen molar-refractivity contribution >= 4 is 33.8 Å². The summed E-state index contributed by atoms with van der Waals surface area (Å²) >= 11 is 1.62. The van der Waals surface area contributed by atoms with Crippen LogP contribution in [0.5, 0.6) is 0 Å². The number of aryl methyl sites for hydroxylation is 2. The molecule has 0 bridgehead atoms. The summed E-state index contributed by atoms with van der Waals surface area (Å²) in [7, 11) is 0. The van der Waals surface area contributed by atoms with Crippen LogP contribution in [-0.4, -0.2) is 29.0 Å². The van der Waals surface area contributed by atoms with Crippen LogP contribution in [0, 0.1) is 25.6 Å². The summed E-state index contributed by atoms with van der Waals surface area (Å²) in [6.45, 7) is 5.97. The number of pyridine rings is 1. The molecule has 1 aliphatic rings. The number of rotatable bonds is 4. The number of anilines is 1. The fourth-order valence-corrected chi connectivity index (χ4v) is 4.59. The van der Waals surface area contributed by atoms with Crippen LogP contribution in [0.15, 0.2) is 30.5 Å². The van der Waals surface area contributed by atoms with Crippen molar-refractivity contribution in [3.8, 4) is 0 Å². The molecule has 146 valence electrons. The summed E-state index contributed by atoms with van der Waals surface area (Å²) in [5.74, 6) is -0.311. The standard InChI is InChI=1S/C21H23FN4OS/c1-13-14(2)28-20(25-13)11-24-21(27)15-4-3-9-26(12-15)19-7-8-23-18-6-5-16(22)10-17(18)19/h5-8,10,15H,3-4,9,11-12H2,1-2H3,(H,24,27). The lowest BCUT2D eigenvalue weighted by atomic mass is 9.96. The first kappa shape index (κ1) is 18.8. The number of aromatic nitrogens is 2. The number of nitrogens with one attached hydrogen (secondary N) is 1. The molecule has 3 heterocycles. The molecule has 1 unspecified atom stereocenters. The molecule has 1 aromatic carbocycles. The number of hydrogen-bond donors (Lipinski definition) is 1. The molecule has 2 aromatic heterocycles. The van der Waals surface area contributed by atoms with Gasteiger partial charge in [-0.2, -0.15) is 0 Å². The highest BCUT2D eigenvalue weighted by Crippen LogP contribution is 2.30. The number of piperidine rings is 1. The largest absolute Gasteiger partial charge is 0.370 e. The van der Waals surface area contributed by atoms with Gasteiger partial charge in [0.25, 0.3) is 0 Å². The maximum absolute atomic E-state index is 13.8. The van der Waals surface area contributed by atoms with Crippen molar-refractivity contribution in [1.82, 2.24) is 15.3 Å². The van der Waals surface area contributed by atoms with Gasteiger partial charge in [-0.15, -0.1) is 11.3 Å². The van der Waals surface area contributed by atoms with Gasteiger partial charge >= 0.3 is 0 Å². The molecule has 1 amide bonds. The first-order chi connectivity index (χ1) is 13.5.